The Hall–Kier alpha value is -3.58. The molecule has 0 bridgehead atoms. The van der Waals surface area contributed by atoms with E-state index in [-0.39, 0.29) is 11.8 Å². The molecular weight excluding hydrogens is 406 g/mol. The van der Waals surface area contributed by atoms with E-state index in [1.54, 1.807) is 24.1 Å². The monoisotopic (exact) mass is 433 g/mol. The van der Waals surface area contributed by atoms with Gasteiger partial charge in [0, 0.05) is 31.7 Å². The third kappa shape index (κ3) is 4.53. The summed E-state index contributed by atoms with van der Waals surface area (Å²) in [5.41, 5.74) is 1.45. The topological polar surface area (TPSA) is 82.1 Å². The Morgan fingerprint density at radius 2 is 1.66 bits per heavy atom. The SMILES string of the molecule is COc1ccccc1N1CCN(C(=O)C(CO)NC(=O)c2ccc3ccccc3c2)CC1. The number of carbonyl (C=O) groups is 2. The third-order valence-corrected chi connectivity index (χ3v) is 5.81. The molecule has 166 valence electrons. The van der Waals surface area contributed by atoms with Crippen molar-refractivity contribution < 1.29 is 19.4 Å². The summed E-state index contributed by atoms with van der Waals surface area (Å²) in [6.07, 6.45) is 0. The molecule has 1 heterocycles. The molecule has 0 aromatic heterocycles. The Bertz CT molecular complexity index is 1110. The number of aliphatic hydroxyl groups excluding tert-OH is 1. The number of aliphatic hydroxyl groups is 1. The minimum Gasteiger partial charge on any atom is -0.495 e. The van der Waals surface area contributed by atoms with E-state index in [1.165, 1.54) is 0 Å². The predicted octanol–water partition coefficient (Wildman–Crippen LogP) is 2.29. The normalized spacial score (nSPS) is 14.8. The van der Waals surface area contributed by atoms with Gasteiger partial charge in [-0.15, -0.1) is 0 Å². The van der Waals surface area contributed by atoms with E-state index in [0.29, 0.717) is 31.7 Å². The number of piperazine rings is 1. The molecule has 1 atom stereocenters. The van der Waals surface area contributed by atoms with Crippen LogP contribution in [-0.4, -0.2) is 67.8 Å². The van der Waals surface area contributed by atoms with Gasteiger partial charge in [0.2, 0.25) is 5.91 Å². The third-order valence-electron chi connectivity index (χ3n) is 5.81. The van der Waals surface area contributed by atoms with E-state index in [0.717, 1.165) is 22.2 Å². The van der Waals surface area contributed by atoms with Crippen molar-refractivity contribution in [3.05, 3.63) is 72.3 Å². The molecule has 4 rings (SSSR count). The maximum Gasteiger partial charge on any atom is 0.252 e. The molecule has 1 aliphatic heterocycles. The first-order valence-corrected chi connectivity index (χ1v) is 10.7. The average molecular weight is 434 g/mol. The van der Waals surface area contributed by atoms with Crippen molar-refractivity contribution in [2.24, 2.45) is 0 Å². The number of nitrogens with one attached hydrogen (secondary N) is 1. The van der Waals surface area contributed by atoms with Gasteiger partial charge in [0.1, 0.15) is 11.8 Å². The van der Waals surface area contributed by atoms with Crippen molar-refractivity contribution >= 4 is 28.3 Å². The number of carbonyl (C=O) groups excluding carboxylic acids is 2. The number of methoxy groups -OCH3 is 1. The summed E-state index contributed by atoms with van der Waals surface area (Å²) < 4.78 is 5.44. The van der Waals surface area contributed by atoms with Crippen LogP contribution < -0.4 is 15.0 Å². The van der Waals surface area contributed by atoms with Crippen LogP contribution in [0.4, 0.5) is 5.69 Å². The van der Waals surface area contributed by atoms with Crippen LogP contribution >= 0.6 is 0 Å². The van der Waals surface area contributed by atoms with Gasteiger partial charge in [-0.3, -0.25) is 9.59 Å². The zero-order valence-electron chi connectivity index (χ0n) is 18.0. The molecular formula is C25H27N3O4. The van der Waals surface area contributed by atoms with E-state index in [2.05, 4.69) is 10.2 Å². The van der Waals surface area contributed by atoms with Gasteiger partial charge in [0.15, 0.2) is 0 Å². The lowest BCUT2D eigenvalue weighted by atomic mass is 10.1. The fraction of sp³-hybridized carbons (Fsp3) is 0.280. The van der Waals surface area contributed by atoms with Crippen molar-refractivity contribution in [2.45, 2.75) is 6.04 Å². The summed E-state index contributed by atoms with van der Waals surface area (Å²) in [7, 11) is 1.64. The Morgan fingerprint density at radius 3 is 2.38 bits per heavy atom. The summed E-state index contributed by atoms with van der Waals surface area (Å²) in [5, 5.41) is 14.5. The number of amides is 2. The van der Waals surface area contributed by atoms with E-state index < -0.39 is 12.6 Å². The molecule has 32 heavy (non-hydrogen) atoms. The first-order valence-electron chi connectivity index (χ1n) is 10.7. The standard InChI is InChI=1S/C25H27N3O4/c1-32-23-9-5-4-8-22(23)27-12-14-28(15-13-27)25(31)21(17-29)26-24(30)20-11-10-18-6-2-3-7-19(18)16-20/h2-11,16,21,29H,12-15,17H2,1H3,(H,26,30). The molecule has 3 aromatic carbocycles. The summed E-state index contributed by atoms with van der Waals surface area (Å²) in [6.45, 7) is 1.83. The van der Waals surface area contributed by atoms with Gasteiger partial charge in [0.25, 0.3) is 5.91 Å². The van der Waals surface area contributed by atoms with Crippen molar-refractivity contribution in [1.82, 2.24) is 10.2 Å². The van der Waals surface area contributed by atoms with E-state index >= 15 is 0 Å². The van der Waals surface area contributed by atoms with Crippen LogP contribution in [0.1, 0.15) is 10.4 Å². The van der Waals surface area contributed by atoms with Crippen molar-refractivity contribution in [3.63, 3.8) is 0 Å². The number of ether oxygens (including phenoxy) is 1. The summed E-state index contributed by atoms with van der Waals surface area (Å²) in [5.74, 6) is 0.139. The Morgan fingerprint density at radius 1 is 0.969 bits per heavy atom. The van der Waals surface area contributed by atoms with E-state index in [4.69, 9.17) is 4.74 Å². The number of fused-ring (bicyclic) bond motifs is 1. The number of hydrogen-bond donors (Lipinski definition) is 2. The Kier molecular flexibility index (Phi) is 6.56. The van der Waals surface area contributed by atoms with Crippen LogP contribution in [-0.2, 0) is 4.79 Å². The molecule has 2 amide bonds. The highest BCUT2D eigenvalue weighted by molar-refractivity contribution is 6.00. The van der Waals surface area contributed by atoms with Crippen molar-refractivity contribution in [2.75, 3.05) is 44.8 Å². The van der Waals surface area contributed by atoms with Gasteiger partial charge in [0.05, 0.1) is 19.4 Å². The van der Waals surface area contributed by atoms with Crippen LogP contribution in [0.2, 0.25) is 0 Å². The van der Waals surface area contributed by atoms with Crippen LogP contribution in [0.3, 0.4) is 0 Å². The molecule has 7 nitrogen and oxygen atoms in total. The molecule has 1 unspecified atom stereocenters. The van der Waals surface area contributed by atoms with Gasteiger partial charge in [-0.25, -0.2) is 0 Å². The van der Waals surface area contributed by atoms with Crippen LogP contribution in [0.5, 0.6) is 5.75 Å². The van der Waals surface area contributed by atoms with Gasteiger partial charge >= 0.3 is 0 Å². The first-order chi connectivity index (χ1) is 15.6. The number of hydrogen-bond acceptors (Lipinski definition) is 5. The fourth-order valence-corrected chi connectivity index (χ4v) is 4.04. The fourth-order valence-electron chi connectivity index (χ4n) is 4.04. The molecule has 2 N–H and O–H groups in total. The molecule has 1 saturated heterocycles. The zero-order chi connectivity index (χ0) is 22.5. The summed E-state index contributed by atoms with van der Waals surface area (Å²) in [6, 6.07) is 20.0. The minimum atomic E-state index is -0.980. The molecule has 0 spiro atoms. The van der Waals surface area contributed by atoms with Crippen LogP contribution in [0.25, 0.3) is 10.8 Å². The van der Waals surface area contributed by atoms with E-state index in [1.807, 2.05) is 54.6 Å². The van der Waals surface area contributed by atoms with Crippen LogP contribution in [0, 0.1) is 0 Å². The summed E-state index contributed by atoms with van der Waals surface area (Å²) >= 11 is 0. The Labute approximate surface area is 187 Å². The second-order valence-electron chi connectivity index (χ2n) is 7.75. The van der Waals surface area contributed by atoms with Crippen LogP contribution in [0.15, 0.2) is 66.7 Å². The number of para-hydroxylation sites is 2. The smallest absolute Gasteiger partial charge is 0.252 e. The van der Waals surface area contributed by atoms with Crippen molar-refractivity contribution in [1.29, 1.82) is 0 Å². The predicted molar refractivity (Wildman–Crippen MR) is 124 cm³/mol. The van der Waals surface area contributed by atoms with Gasteiger partial charge in [-0.2, -0.15) is 0 Å². The number of benzene rings is 3. The largest absolute Gasteiger partial charge is 0.495 e. The van der Waals surface area contributed by atoms with Gasteiger partial charge in [-0.05, 0) is 35.0 Å². The molecule has 1 aliphatic rings. The highest BCUT2D eigenvalue weighted by atomic mass is 16.5. The molecule has 0 radical (unpaired) electrons. The second-order valence-corrected chi connectivity index (χ2v) is 7.75. The van der Waals surface area contributed by atoms with Gasteiger partial charge in [-0.1, -0.05) is 42.5 Å². The molecule has 0 aliphatic carbocycles. The molecule has 3 aromatic rings. The molecule has 7 heteroatoms. The first kappa shape index (κ1) is 21.6. The zero-order valence-corrected chi connectivity index (χ0v) is 18.0. The minimum absolute atomic E-state index is 0.277. The van der Waals surface area contributed by atoms with Gasteiger partial charge < -0.3 is 25.0 Å². The number of anilines is 1. The number of rotatable bonds is 6. The number of nitrogens with zero attached hydrogens (tertiary/aromatic N) is 2. The summed E-state index contributed by atoms with van der Waals surface area (Å²) in [4.78, 5) is 29.6. The van der Waals surface area contributed by atoms with E-state index in [9.17, 15) is 14.7 Å². The maximum absolute atomic E-state index is 13.0. The highest BCUT2D eigenvalue weighted by Gasteiger charge is 2.29. The lowest BCUT2D eigenvalue weighted by molar-refractivity contribution is -0.134. The quantitative estimate of drug-likeness (QED) is 0.623. The molecule has 1 fully saturated rings. The molecule has 0 saturated carbocycles. The highest BCUT2D eigenvalue weighted by Crippen LogP contribution is 2.28. The second kappa shape index (κ2) is 9.70. The Balaban J connectivity index is 1.39. The maximum atomic E-state index is 13.0. The van der Waals surface area contributed by atoms with Crippen molar-refractivity contribution in [3.8, 4) is 5.75 Å². The lowest BCUT2D eigenvalue weighted by Crippen LogP contribution is -2.56. The average Bonchev–Trinajstić information content (AvgIpc) is 2.86. The lowest BCUT2D eigenvalue weighted by Gasteiger charge is -2.37.